The first kappa shape index (κ1) is 17.0. The normalized spacial score (nSPS) is 17.3. The Balaban J connectivity index is 2.02. The molecule has 2 heterocycles. The van der Waals surface area contributed by atoms with Gasteiger partial charge in [-0.2, -0.15) is 0 Å². The molecule has 0 saturated carbocycles. The Morgan fingerprint density at radius 1 is 1.04 bits per heavy atom. The highest BCUT2D eigenvalue weighted by Gasteiger charge is 2.25. The number of aryl methyl sites for hydroxylation is 2. The monoisotopic (exact) mass is 514 g/mol. The molecule has 1 aromatic carbocycles. The lowest BCUT2D eigenvalue weighted by Crippen LogP contribution is -2.24. The van der Waals surface area contributed by atoms with E-state index in [2.05, 4.69) is 56.0 Å². The van der Waals surface area contributed by atoms with Crippen LogP contribution in [0.5, 0.6) is 0 Å². The smallest absolute Gasteiger partial charge is 0.0740 e. The quantitative estimate of drug-likeness (QED) is 0.476. The summed E-state index contributed by atoms with van der Waals surface area (Å²) >= 11 is 12.5. The van der Waals surface area contributed by atoms with Crippen molar-refractivity contribution in [1.29, 1.82) is 0 Å². The summed E-state index contributed by atoms with van der Waals surface area (Å²) in [6, 6.07) is 6.42. The van der Waals surface area contributed by atoms with E-state index in [1.54, 1.807) is 0 Å². The van der Waals surface area contributed by atoms with Crippen molar-refractivity contribution in [1.82, 2.24) is 10.3 Å². The zero-order valence-electron chi connectivity index (χ0n) is 13.1. The molecular formula is C19H17BrClIN2. The van der Waals surface area contributed by atoms with Crippen LogP contribution >= 0.6 is 50.1 Å². The molecule has 2 aromatic rings. The molecule has 2 aliphatic rings. The van der Waals surface area contributed by atoms with Crippen LogP contribution in [0.2, 0.25) is 5.02 Å². The SMILES string of the molecule is Clc1cc(Br)c2c(c1)CCc1cc(I)cnc1C2=C1CCNCC1. The van der Waals surface area contributed by atoms with Crippen LogP contribution in [-0.4, -0.2) is 18.1 Å². The lowest BCUT2D eigenvalue weighted by atomic mass is 9.89. The minimum Gasteiger partial charge on any atom is -0.316 e. The molecule has 0 unspecified atom stereocenters. The van der Waals surface area contributed by atoms with Crippen molar-refractivity contribution in [2.75, 3.05) is 13.1 Å². The number of pyridine rings is 1. The van der Waals surface area contributed by atoms with E-state index in [1.165, 1.54) is 31.4 Å². The van der Waals surface area contributed by atoms with E-state index in [9.17, 15) is 0 Å². The van der Waals surface area contributed by atoms with Crippen LogP contribution in [-0.2, 0) is 12.8 Å². The Morgan fingerprint density at radius 3 is 2.58 bits per heavy atom. The molecule has 0 atom stereocenters. The fourth-order valence-corrected chi connectivity index (χ4v) is 5.30. The second-order valence-corrected chi connectivity index (χ2v) is 8.85. The van der Waals surface area contributed by atoms with Crippen LogP contribution in [0, 0.1) is 3.57 Å². The van der Waals surface area contributed by atoms with E-state index in [4.69, 9.17) is 16.6 Å². The van der Waals surface area contributed by atoms with Crippen molar-refractivity contribution in [3.05, 3.63) is 65.4 Å². The Labute approximate surface area is 169 Å². The Bertz CT molecular complexity index is 840. The molecule has 1 fully saturated rings. The van der Waals surface area contributed by atoms with Crippen LogP contribution in [0.3, 0.4) is 0 Å². The Kier molecular flexibility index (Phi) is 5.00. The fraction of sp³-hybridized carbons (Fsp3) is 0.316. The van der Waals surface area contributed by atoms with Crippen LogP contribution in [0.4, 0.5) is 0 Å². The number of halogens is 3. The highest BCUT2D eigenvalue weighted by Crippen LogP contribution is 2.41. The molecule has 1 saturated heterocycles. The van der Waals surface area contributed by atoms with Gasteiger partial charge in [0.05, 0.1) is 5.69 Å². The lowest BCUT2D eigenvalue weighted by Gasteiger charge is -2.22. The van der Waals surface area contributed by atoms with Gasteiger partial charge in [-0.15, -0.1) is 0 Å². The van der Waals surface area contributed by atoms with Gasteiger partial charge in [0.2, 0.25) is 0 Å². The minimum atomic E-state index is 0.795. The van der Waals surface area contributed by atoms with Gasteiger partial charge < -0.3 is 5.32 Å². The van der Waals surface area contributed by atoms with Crippen molar-refractivity contribution in [3.8, 4) is 0 Å². The molecule has 0 radical (unpaired) electrons. The van der Waals surface area contributed by atoms with Gasteiger partial charge in [0.1, 0.15) is 0 Å². The van der Waals surface area contributed by atoms with E-state index in [0.29, 0.717) is 0 Å². The molecule has 1 aliphatic heterocycles. The summed E-state index contributed by atoms with van der Waals surface area (Å²) in [4.78, 5) is 4.86. The number of hydrogen-bond acceptors (Lipinski definition) is 2. The van der Waals surface area contributed by atoms with E-state index in [1.807, 2.05) is 12.3 Å². The van der Waals surface area contributed by atoms with Crippen LogP contribution in [0.15, 0.2) is 34.4 Å². The summed E-state index contributed by atoms with van der Waals surface area (Å²) in [6.45, 7) is 2.08. The van der Waals surface area contributed by atoms with Gasteiger partial charge in [-0.3, -0.25) is 4.98 Å². The minimum absolute atomic E-state index is 0.795. The summed E-state index contributed by atoms with van der Waals surface area (Å²) in [6.07, 6.45) is 6.15. The van der Waals surface area contributed by atoms with Gasteiger partial charge in [-0.25, -0.2) is 0 Å². The third-order valence-corrected chi connectivity index (χ3v) is 6.21. The number of aromatic nitrogens is 1. The van der Waals surface area contributed by atoms with Gasteiger partial charge >= 0.3 is 0 Å². The predicted molar refractivity (Wildman–Crippen MR) is 112 cm³/mol. The first-order valence-electron chi connectivity index (χ1n) is 8.19. The predicted octanol–water partition coefficient (Wildman–Crippen LogP) is 5.39. The van der Waals surface area contributed by atoms with Gasteiger partial charge in [-0.05, 0) is 90.7 Å². The number of hydrogen-bond donors (Lipinski definition) is 1. The molecular weight excluding hydrogens is 498 g/mol. The molecule has 24 heavy (non-hydrogen) atoms. The van der Waals surface area contributed by atoms with E-state index >= 15 is 0 Å². The average molecular weight is 516 g/mol. The average Bonchev–Trinajstić information content (AvgIpc) is 2.72. The first-order valence-corrected chi connectivity index (χ1v) is 10.4. The Morgan fingerprint density at radius 2 is 1.79 bits per heavy atom. The van der Waals surface area contributed by atoms with Gasteiger partial charge in [0, 0.05) is 30.4 Å². The Hall–Kier alpha value is -0.430. The third kappa shape index (κ3) is 3.18. The van der Waals surface area contributed by atoms with Crippen molar-refractivity contribution in [2.45, 2.75) is 25.7 Å². The molecule has 1 aliphatic carbocycles. The maximum absolute atomic E-state index is 6.33. The van der Waals surface area contributed by atoms with E-state index < -0.39 is 0 Å². The van der Waals surface area contributed by atoms with Crippen LogP contribution < -0.4 is 5.32 Å². The summed E-state index contributed by atoms with van der Waals surface area (Å²) in [5.74, 6) is 0. The van der Waals surface area contributed by atoms with Crippen molar-refractivity contribution >= 4 is 55.7 Å². The highest BCUT2D eigenvalue weighted by atomic mass is 127. The largest absolute Gasteiger partial charge is 0.316 e. The molecule has 5 heteroatoms. The summed E-state index contributed by atoms with van der Waals surface area (Å²) < 4.78 is 2.28. The zero-order chi connectivity index (χ0) is 16.7. The van der Waals surface area contributed by atoms with E-state index in [0.717, 1.165) is 54.0 Å². The lowest BCUT2D eigenvalue weighted by molar-refractivity contribution is 0.611. The van der Waals surface area contributed by atoms with Gasteiger partial charge in [0.25, 0.3) is 0 Å². The van der Waals surface area contributed by atoms with Crippen LogP contribution in [0.25, 0.3) is 5.57 Å². The molecule has 2 nitrogen and oxygen atoms in total. The zero-order valence-corrected chi connectivity index (χ0v) is 17.6. The fourth-order valence-electron chi connectivity index (χ4n) is 3.71. The maximum Gasteiger partial charge on any atom is 0.0740 e. The van der Waals surface area contributed by atoms with Crippen molar-refractivity contribution in [2.24, 2.45) is 0 Å². The summed E-state index contributed by atoms with van der Waals surface area (Å²) in [7, 11) is 0. The standard InChI is InChI=1S/C19H17BrClIN2/c20-16-9-14(21)7-12-1-2-13-8-15(22)10-24-19(13)18(17(12)16)11-3-5-23-6-4-11/h7-10,23H,1-6H2. The highest BCUT2D eigenvalue weighted by molar-refractivity contribution is 14.1. The number of rotatable bonds is 0. The molecule has 4 rings (SSSR count). The number of fused-ring (bicyclic) bond motifs is 2. The molecule has 0 amide bonds. The molecule has 0 bridgehead atoms. The second kappa shape index (κ2) is 7.06. The molecule has 1 aromatic heterocycles. The summed E-state index contributed by atoms with van der Waals surface area (Å²) in [5, 5.41) is 4.26. The first-order chi connectivity index (χ1) is 11.6. The molecule has 1 N–H and O–H groups in total. The number of nitrogens with one attached hydrogen (secondary N) is 1. The number of piperidine rings is 1. The number of benzene rings is 1. The maximum atomic E-state index is 6.33. The third-order valence-electron chi connectivity index (χ3n) is 4.78. The van der Waals surface area contributed by atoms with Crippen molar-refractivity contribution < 1.29 is 0 Å². The second-order valence-electron chi connectivity index (χ2n) is 6.31. The van der Waals surface area contributed by atoms with E-state index in [-0.39, 0.29) is 0 Å². The topological polar surface area (TPSA) is 24.9 Å². The van der Waals surface area contributed by atoms with Crippen molar-refractivity contribution in [3.63, 3.8) is 0 Å². The van der Waals surface area contributed by atoms with Crippen LogP contribution in [0.1, 0.15) is 35.2 Å². The summed E-state index contributed by atoms with van der Waals surface area (Å²) in [5.41, 5.74) is 7.97. The molecule has 0 spiro atoms. The number of nitrogens with zero attached hydrogens (tertiary/aromatic N) is 1. The molecule has 124 valence electrons. The van der Waals surface area contributed by atoms with Gasteiger partial charge in [-0.1, -0.05) is 33.1 Å². The van der Waals surface area contributed by atoms with Gasteiger partial charge in [0.15, 0.2) is 0 Å².